The predicted octanol–water partition coefficient (Wildman–Crippen LogP) is 3.20. The first kappa shape index (κ1) is 15.3. The number of likely N-dealkylation sites (N-methyl/N-ethyl adjacent to an activating group) is 1. The molecule has 0 aliphatic rings. The number of hydrogen-bond acceptors (Lipinski definition) is 3. The van der Waals surface area contributed by atoms with E-state index in [1.54, 1.807) is 36.5 Å². The van der Waals surface area contributed by atoms with Crippen molar-refractivity contribution in [2.75, 3.05) is 7.05 Å². The molecule has 21 heavy (non-hydrogen) atoms. The second kappa shape index (κ2) is 6.59. The molecule has 1 aromatic heterocycles. The van der Waals surface area contributed by atoms with Crippen molar-refractivity contribution >= 4 is 17.5 Å². The van der Waals surface area contributed by atoms with Crippen LogP contribution in [0.2, 0.25) is 5.02 Å². The van der Waals surface area contributed by atoms with Gasteiger partial charge in [0.05, 0.1) is 17.5 Å². The topological polar surface area (TPSA) is 53.4 Å². The van der Waals surface area contributed by atoms with Crippen LogP contribution in [0.15, 0.2) is 42.7 Å². The van der Waals surface area contributed by atoms with Gasteiger partial charge in [0, 0.05) is 19.4 Å². The zero-order valence-corrected chi connectivity index (χ0v) is 12.7. The lowest BCUT2D eigenvalue weighted by Gasteiger charge is -2.25. The van der Waals surface area contributed by atoms with Gasteiger partial charge in [-0.15, -0.1) is 0 Å². The van der Waals surface area contributed by atoms with E-state index in [4.69, 9.17) is 11.6 Å². The molecule has 2 aromatic rings. The van der Waals surface area contributed by atoms with Gasteiger partial charge in [-0.25, -0.2) is 0 Å². The number of pyridine rings is 1. The molecule has 0 aliphatic carbocycles. The number of amides is 1. The highest BCUT2D eigenvalue weighted by Gasteiger charge is 2.17. The average molecular weight is 305 g/mol. The number of aromatic nitrogens is 1. The molecular formula is C16H17ClN2O2. The molecule has 1 amide bonds. The largest absolute Gasteiger partial charge is 0.506 e. The highest BCUT2D eigenvalue weighted by molar-refractivity contribution is 6.32. The fourth-order valence-electron chi connectivity index (χ4n) is 2.04. The number of rotatable bonds is 4. The Morgan fingerprint density at radius 3 is 2.62 bits per heavy atom. The van der Waals surface area contributed by atoms with Gasteiger partial charge >= 0.3 is 0 Å². The van der Waals surface area contributed by atoms with E-state index in [1.165, 1.54) is 6.07 Å². The Morgan fingerprint density at radius 1 is 1.33 bits per heavy atom. The Hall–Kier alpha value is -2.07. The van der Waals surface area contributed by atoms with E-state index in [2.05, 4.69) is 4.98 Å². The third-order valence-corrected chi connectivity index (χ3v) is 3.83. The third kappa shape index (κ3) is 3.73. The number of carbonyl (C=O) groups excluding carboxylic acids is 1. The number of phenols is 1. The molecule has 0 fully saturated rings. The van der Waals surface area contributed by atoms with E-state index < -0.39 is 0 Å². The lowest BCUT2D eigenvalue weighted by atomic mass is 10.1. The SMILES string of the molecule is C[C@H](c1ccncc1)N(C)C(=O)Cc1ccc(O)c(Cl)c1. The fraction of sp³-hybridized carbons (Fsp3) is 0.250. The quantitative estimate of drug-likeness (QED) is 0.943. The summed E-state index contributed by atoms with van der Waals surface area (Å²) < 4.78 is 0. The number of hydrogen-bond donors (Lipinski definition) is 1. The molecule has 4 nitrogen and oxygen atoms in total. The third-order valence-electron chi connectivity index (χ3n) is 3.53. The first-order valence-electron chi connectivity index (χ1n) is 6.62. The van der Waals surface area contributed by atoms with E-state index in [0.29, 0.717) is 0 Å². The number of halogens is 1. The Labute approximate surface area is 129 Å². The van der Waals surface area contributed by atoms with Crippen LogP contribution in [-0.4, -0.2) is 27.9 Å². The predicted molar refractivity (Wildman–Crippen MR) is 82.2 cm³/mol. The van der Waals surface area contributed by atoms with E-state index >= 15 is 0 Å². The molecule has 5 heteroatoms. The van der Waals surface area contributed by atoms with Crippen LogP contribution < -0.4 is 0 Å². The van der Waals surface area contributed by atoms with Crippen LogP contribution in [0, 0.1) is 0 Å². The van der Waals surface area contributed by atoms with Crippen LogP contribution >= 0.6 is 11.6 Å². The van der Waals surface area contributed by atoms with Crippen molar-refractivity contribution < 1.29 is 9.90 Å². The summed E-state index contributed by atoms with van der Waals surface area (Å²) in [5, 5.41) is 9.65. The molecule has 1 heterocycles. The second-order valence-electron chi connectivity index (χ2n) is 4.92. The maximum atomic E-state index is 12.3. The number of aromatic hydroxyl groups is 1. The summed E-state index contributed by atoms with van der Waals surface area (Å²) in [6.45, 7) is 1.97. The first-order chi connectivity index (χ1) is 9.99. The number of nitrogens with zero attached hydrogens (tertiary/aromatic N) is 2. The fourth-order valence-corrected chi connectivity index (χ4v) is 2.24. The smallest absolute Gasteiger partial charge is 0.227 e. The molecule has 1 aromatic carbocycles. The lowest BCUT2D eigenvalue weighted by Crippen LogP contribution is -2.30. The summed E-state index contributed by atoms with van der Waals surface area (Å²) in [5.41, 5.74) is 1.81. The molecule has 0 radical (unpaired) electrons. The molecule has 110 valence electrons. The monoisotopic (exact) mass is 304 g/mol. The van der Waals surface area contributed by atoms with E-state index in [-0.39, 0.29) is 29.1 Å². The number of phenolic OH excluding ortho intramolecular Hbond substituents is 1. The molecule has 0 unspecified atom stereocenters. The van der Waals surface area contributed by atoms with Gasteiger partial charge in [-0.2, -0.15) is 0 Å². The van der Waals surface area contributed by atoms with Crippen molar-refractivity contribution in [2.24, 2.45) is 0 Å². The molecule has 0 saturated carbocycles. The van der Waals surface area contributed by atoms with Crippen LogP contribution in [0.4, 0.5) is 0 Å². The van der Waals surface area contributed by atoms with Gasteiger partial charge in [0.1, 0.15) is 5.75 Å². The summed E-state index contributed by atoms with van der Waals surface area (Å²) in [4.78, 5) is 18.0. The maximum absolute atomic E-state index is 12.3. The molecule has 0 saturated heterocycles. The lowest BCUT2D eigenvalue weighted by molar-refractivity contribution is -0.131. The summed E-state index contributed by atoms with van der Waals surface area (Å²) in [6, 6.07) is 8.56. The Bertz CT molecular complexity index is 631. The number of benzene rings is 1. The molecule has 0 spiro atoms. The van der Waals surface area contributed by atoms with Crippen molar-refractivity contribution in [3.05, 3.63) is 58.9 Å². The molecular weight excluding hydrogens is 288 g/mol. The van der Waals surface area contributed by atoms with Crippen molar-refractivity contribution in [1.82, 2.24) is 9.88 Å². The van der Waals surface area contributed by atoms with Gasteiger partial charge < -0.3 is 10.0 Å². The van der Waals surface area contributed by atoms with Gasteiger partial charge in [0.2, 0.25) is 5.91 Å². The zero-order chi connectivity index (χ0) is 15.4. The minimum Gasteiger partial charge on any atom is -0.506 e. The normalized spacial score (nSPS) is 12.0. The molecule has 1 N–H and O–H groups in total. The van der Waals surface area contributed by atoms with Gasteiger partial charge in [-0.1, -0.05) is 17.7 Å². The van der Waals surface area contributed by atoms with Gasteiger partial charge in [0.15, 0.2) is 0 Å². The molecule has 0 bridgehead atoms. The van der Waals surface area contributed by atoms with Crippen LogP contribution in [0.3, 0.4) is 0 Å². The zero-order valence-electron chi connectivity index (χ0n) is 12.0. The molecule has 1 atom stereocenters. The van der Waals surface area contributed by atoms with Crippen molar-refractivity contribution in [3.63, 3.8) is 0 Å². The van der Waals surface area contributed by atoms with Gasteiger partial charge in [-0.05, 0) is 42.3 Å². The van der Waals surface area contributed by atoms with Crippen molar-refractivity contribution in [2.45, 2.75) is 19.4 Å². The van der Waals surface area contributed by atoms with Crippen LogP contribution in [0.1, 0.15) is 24.1 Å². The highest BCUT2D eigenvalue weighted by Crippen LogP contribution is 2.25. The Morgan fingerprint density at radius 2 is 2.00 bits per heavy atom. The molecule has 2 rings (SSSR count). The summed E-state index contributed by atoms with van der Waals surface area (Å²) in [6.07, 6.45) is 3.67. The highest BCUT2D eigenvalue weighted by atomic mass is 35.5. The van der Waals surface area contributed by atoms with Gasteiger partial charge in [-0.3, -0.25) is 9.78 Å². The van der Waals surface area contributed by atoms with E-state index in [9.17, 15) is 9.90 Å². The summed E-state index contributed by atoms with van der Waals surface area (Å²) >= 11 is 5.85. The Kier molecular flexibility index (Phi) is 4.81. The minimum absolute atomic E-state index is 0.0129. The maximum Gasteiger partial charge on any atom is 0.227 e. The number of carbonyl (C=O) groups is 1. The summed E-state index contributed by atoms with van der Waals surface area (Å²) in [7, 11) is 1.77. The molecule has 0 aliphatic heterocycles. The summed E-state index contributed by atoms with van der Waals surface area (Å²) in [5.74, 6) is 0.00689. The first-order valence-corrected chi connectivity index (χ1v) is 7.00. The van der Waals surface area contributed by atoms with Crippen LogP contribution in [0.25, 0.3) is 0 Å². The average Bonchev–Trinajstić information content (AvgIpc) is 2.50. The minimum atomic E-state index is -0.0342. The van der Waals surface area contributed by atoms with E-state index in [1.807, 2.05) is 19.1 Å². The van der Waals surface area contributed by atoms with Crippen molar-refractivity contribution in [1.29, 1.82) is 0 Å². The van der Waals surface area contributed by atoms with Crippen LogP contribution in [0.5, 0.6) is 5.75 Å². The van der Waals surface area contributed by atoms with Crippen molar-refractivity contribution in [3.8, 4) is 5.75 Å². The van der Waals surface area contributed by atoms with Gasteiger partial charge in [0.25, 0.3) is 0 Å². The Balaban J connectivity index is 2.07. The second-order valence-corrected chi connectivity index (χ2v) is 5.33. The van der Waals surface area contributed by atoms with E-state index in [0.717, 1.165) is 11.1 Å². The van der Waals surface area contributed by atoms with Crippen LogP contribution in [-0.2, 0) is 11.2 Å². The standard InChI is InChI=1S/C16H17ClN2O2/c1-11(13-5-7-18-8-6-13)19(2)16(21)10-12-3-4-15(20)14(17)9-12/h3-9,11,20H,10H2,1-2H3/t11-/m1/s1.